The lowest BCUT2D eigenvalue weighted by atomic mass is 10.2. The number of anilines is 1. The van der Waals surface area contributed by atoms with E-state index in [1.165, 1.54) is 0 Å². The van der Waals surface area contributed by atoms with Gasteiger partial charge in [-0.1, -0.05) is 27.7 Å². The summed E-state index contributed by atoms with van der Waals surface area (Å²) in [4.78, 5) is 11.4. The van der Waals surface area contributed by atoms with Crippen molar-refractivity contribution in [1.82, 2.24) is 14.9 Å². The lowest BCUT2D eigenvalue weighted by Gasteiger charge is -2.18. The minimum Gasteiger partial charge on any atom is -0.475 e. The molecule has 0 fully saturated rings. The zero-order valence-electron chi connectivity index (χ0n) is 14.6. The highest BCUT2D eigenvalue weighted by Gasteiger charge is 2.09. The highest BCUT2D eigenvalue weighted by molar-refractivity contribution is 5.38. The number of nitrogens with zero attached hydrogens (tertiary/aromatic N) is 3. The van der Waals surface area contributed by atoms with Crippen LogP contribution in [-0.4, -0.2) is 61.4 Å². The summed E-state index contributed by atoms with van der Waals surface area (Å²) in [6.07, 6.45) is 0. The zero-order chi connectivity index (χ0) is 16.4. The maximum atomic E-state index is 5.62. The lowest BCUT2D eigenvalue weighted by molar-refractivity contribution is 0.143. The fourth-order valence-corrected chi connectivity index (χ4v) is 1.98. The molecular formula is C16H30N4O2. The molecule has 1 N–H and O–H groups in total. The summed E-state index contributed by atoms with van der Waals surface area (Å²) in [7, 11) is 1.66. The van der Waals surface area contributed by atoms with Crippen LogP contribution in [0.15, 0.2) is 6.07 Å². The van der Waals surface area contributed by atoms with Crippen molar-refractivity contribution in [3.05, 3.63) is 11.9 Å². The van der Waals surface area contributed by atoms with Crippen LogP contribution in [0.2, 0.25) is 0 Å². The van der Waals surface area contributed by atoms with Crippen LogP contribution in [0.4, 0.5) is 5.82 Å². The van der Waals surface area contributed by atoms with Crippen molar-refractivity contribution in [2.24, 2.45) is 0 Å². The van der Waals surface area contributed by atoms with E-state index in [1.807, 2.05) is 6.07 Å². The SMILES string of the molecule is CCN(CC)CCNc1cc(OCCOC)nc(C(C)C)n1. The molecule has 0 saturated heterocycles. The maximum Gasteiger partial charge on any atom is 0.218 e. The third-order valence-electron chi connectivity index (χ3n) is 3.40. The van der Waals surface area contributed by atoms with Crippen molar-refractivity contribution >= 4 is 5.82 Å². The minimum absolute atomic E-state index is 0.259. The number of nitrogens with one attached hydrogen (secondary N) is 1. The van der Waals surface area contributed by atoms with Gasteiger partial charge in [0.05, 0.1) is 6.61 Å². The van der Waals surface area contributed by atoms with Gasteiger partial charge < -0.3 is 19.7 Å². The molecular weight excluding hydrogens is 280 g/mol. The number of hydrogen-bond donors (Lipinski definition) is 1. The molecule has 0 bridgehead atoms. The third-order valence-corrected chi connectivity index (χ3v) is 3.40. The van der Waals surface area contributed by atoms with E-state index in [1.54, 1.807) is 7.11 Å². The monoisotopic (exact) mass is 310 g/mol. The number of aromatic nitrogens is 2. The van der Waals surface area contributed by atoms with Crippen LogP contribution in [0.3, 0.4) is 0 Å². The van der Waals surface area contributed by atoms with Gasteiger partial charge in [-0.25, -0.2) is 4.98 Å². The lowest BCUT2D eigenvalue weighted by Crippen LogP contribution is -2.28. The average molecular weight is 310 g/mol. The van der Waals surface area contributed by atoms with Crippen LogP contribution in [0.25, 0.3) is 0 Å². The Morgan fingerprint density at radius 3 is 2.50 bits per heavy atom. The smallest absolute Gasteiger partial charge is 0.218 e. The van der Waals surface area contributed by atoms with Gasteiger partial charge in [0.2, 0.25) is 5.88 Å². The van der Waals surface area contributed by atoms with Crippen LogP contribution in [0.1, 0.15) is 39.4 Å². The predicted octanol–water partition coefficient (Wildman–Crippen LogP) is 2.38. The Morgan fingerprint density at radius 1 is 1.18 bits per heavy atom. The molecule has 0 aliphatic heterocycles. The molecule has 6 heteroatoms. The molecule has 6 nitrogen and oxygen atoms in total. The molecule has 0 amide bonds. The van der Waals surface area contributed by atoms with Crippen LogP contribution in [0, 0.1) is 0 Å². The molecule has 1 heterocycles. The van der Waals surface area contributed by atoms with Crippen molar-refractivity contribution in [3.8, 4) is 5.88 Å². The Kier molecular flexibility index (Phi) is 8.77. The summed E-state index contributed by atoms with van der Waals surface area (Å²) in [5.74, 6) is 2.47. The Balaban J connectivity index is 2.67. The van der Waals surface area contributed by atoms with Crippen LogP contribution in [-0.2, 0) is 4.74 Å². The Labute approximate surface area is 134 Å². The zero-order valence-corrected chi connectivity index (χ0v) is 14.6. The van der Waals surface area contributed by atoms with Crippen molar-refractivity contribution in [3.63, 3.8) is 0 Å². The average Bonchev–Trinajstić information content (AvgIpc) is 2.51. The fourth-order valence-electron chi connectivity index (χ4n) is 1.98. The van der Waals surface area contributed by atoms with Crippen molar-refractivity contribution in [1.29, 1.82) is 0 Å². The van der Waals surface area contributed by atoms with Gasteiger partial charge >= 0.3 is 0 Å². The maximum absolute atomic E-state index is 5.62. The first kappa shape index (κ1) is 18.6. The van der Waals surface area contributed by atoms with Crippen LogP contribution in [0.5, 0.6) is 5.88 Å². The molecule has 1 aromatic heterocycles. The summed E-state index contributed by atoms with van der Waals surface area (Å²) < 4.78 is 10.6. The molecule has 0 radical (unpaired) electrons. The predicted molar refractivity (Wildman–Crippen MR) is 89.8 cm³/mol. The Bertz CT molecular complexity index is 423. The van der Waals surface area contributed by atoms with Gasteiger partial charge in [0.25, 0.3) is 0 Å². The Hall–Kier alpha value is -1.40. The van der Waals surface area contributed by atoms with E-state index in [0.717, 1.165) is 37.8 Å². The van der Waals surface area contributed by atoms with E-state index < -0.39 is 0 Å². The number of hydrogen-bond acceptors (Lipinski definition) is 6. The van der Waals surface area contributed by atoms with Crippen molar-refractivity contribution < 1.29 is 9.47 Å². The van der Waals surface area contributed by atoms with Gasteiger partial charge in [-0.3, -0.25) is 0 Å². The molecule has 1 aromatic rings. The Morgan fingerprint density at radius 2 is 1.91 bits per heavy atom. The normalized spacial score (nSPS) is 11.2. The first-order valence-corrected chi connectivity index (χ1v) is 8.07. The summed E-state index contributed by atoms with van der Waals surface area (Å²) in [6, 6.07) is 1.85. The van der Waals surface area contributed by atoms with Crippen LogP contribution >= 0.6 is 0 Å². The molecule has 22 heavy (non-hydrogen) atoms. The van der Waals surface area contributed by atoms with Gasteiger partial charge in [0.1, 0.15) is 18.2 Å². The first-order valence-electron chi connectivity index (χ1n) is 8.07. The van der Waals surface area contributed by atoms with E-state index in [2.05, 4.69) is 47.9 Å². The van der Waals surface area contributed by atoms with Gasteiger partial charge in [0, 0.05) is 32.2 Å². The second kappa shape index (κ2) is 10.3. The standard InChI is InChI=1S/C16H30N4O2/c1-6-20(7-2)9-8-17-14-12-15(22-11-10-21-5)19-16(18-14)13(3)4/h12-13H,6-11H2,1-5H3,(H,17,18,19). The van der Waals surface area contributed by atoms with Crippen molar-refractivity contribution in [2.45, 2.75) is 33.6 Å². The number of ether oxygens (including phenoxy) is 2. The molecule has 0 aromatic carbocycles. The van der Waals surface area contributed by atoms with Gasteiger partial charge in [-0.05, 0) is 13.1 Å². The molecule has 0 aliphatic carbocycles. The fraction of sp³-hybridized carbons (Fsp3) is 0.750. The number of rotatable bonds is 11. The molecule has 126 valence electrons. The quantitative estimate of drug-likeness (QED) is 0.633. The third kappa shape index (κ3) is 6.58. The van der Waals surface area contributed by atoms with Gasteiger partial charge in [0.15, 0.2) is 0 Å². The largest absolute Gasteiger partial charge is 0.475 e. The van der Waals surface area contributed by atoms with Gasteiger partial charge in [-0.15, -0.1) is 0 Å². The first-order chi connectivity index (χ1) is 10.6. The van der Waals surface area contributed by atoms with Crippen molar-refractivity contribution in [2.75, 3.05) is 51.8 Å². The highest BCUT2D eigenvalue weighted by atomic mass is 16.5. The highest BCUT2D eigenvalue weighted by Crippen LogP contribution is 2.18. The van der Waals surface area contributed by atoms with E-state index in [0.29, 0.717) is 19.1 Å². The van der Waals surface area contributed by atoms with E-state index in [4.69, 9.17) is 9.47 Å². The molecule has 0 aliphatic rings. The van der Waals surface area contributed by atoms with E-state index >= 15 is 0 Å². The van der Waals surface area contributed by atoms with Gasteiger partial charge in [-0.2, -0.15) is 4.98 Å². The van der Waals surface area contributed by atoms with E-state index in [9.17, 15) is 0 Å². The molecule has 1 rings (SSSR count). The molecule has 0 saturated carbocycles. The molecule has 0 spiro atoms. The summed E-state index contributed by atoms with van der Waals surface area (Å²) in [6.45, 7) is 13.5. The second-order valence-corrected chi connectivity index (χ2v) is 5.40. The topological polar surface area (TPSA) is 59.5 Å². The van der Waals surface area contributed by atoms with E-state index in [-0.39, 0.29) is 5.92 Å². The summed E-state index contributed by atoms with van der Waals surface area (Å²) in [5.41, 5.74) is 0. The van der Waals surface area contributed by atoms with Crippen LogP contribution < -0.4 is 10.1 Å². The molecule has 0 atom stereocenters. The number of methoxy groups -OCH3 is 1. The second-order valence-electron chi connectivity index (χ2n) is 5.40. The molecule has 0 unspecified atom stereocenters. The summed E-state index contributed by atoms with van der Waals surface area (Å²) in [5, 5.41) is 3.37. The number of likely N-dealkylation sites (N-methyl/N-ethyl adjacent to an activating group) is 1. The summed E-state index contributed by atoms with van der Waals surface area (Å²) >= 11 is 0. The minimum atomic E-state index is 0.259.